The maximum atomic E-state index is 14.5. The van der Waals surface area contributed by atoms with Gasteiger partial charge in [-0.1, -0.05) is 18.2 Å². The molecule has 234 valence electrons. The number of thiophene rings is 1. The SMILES string of the molecule is COc1ccccc1[C@@H](Cn1c(=O)n(C(C)(C)C(=O)N2CCC2)c(=O)c2c(C)c(-c3ncco3)sc21)OCC1CCOCC1. The molecule has 0 radical (unpaired) electrons. The molecule has 5 heterocycles. The summed E-state index contributed by atoms with van der Waals surface area (Å²) in [4.78, 5) is 49.5. The number of aryl methyl sites for hydroxylation is 1. The quantitative estimate of drug-likeness (QED) is 0.256. The molecule has 2 saturated heterocycles. The van der Waals surface area contributed by atoms with E-state index in [2.05, 4.69) is 4.98 Å². The number of carbonyl (C=O) groups is 1. The molecule has 1 amide bonds. The van der Waals surface area contributed by atoms with E-state index in [0.29, 0.717) is 71.1 Å². The minimum atomic E-state index is -1.41. The first-order chi connectivity index (χ1) is 21.2. The van der Waals surface area contributed by atoms with Gasteiger partial charge in [-0.05, 0) is 57.6 Å². The predicted molar refractivity (Wildman–Crippen MR) is 166 cm³/mol. The molecule has 12 heteroatoms. The maximum Gasteiger partial charge on any atom is 0.333 e. The topological polar surface area (TPSA) is 118 Å². The molecule has 1 aromatic carbocycles. The number of rotatable bonds is 10. The normalized spacial score (nSPS) is 16.7. The number of fused-ring (bicyclic) bond motifs is 1. The second-order valence-electron chi connectivity index (χ2n) is 11.9. The maximum absolute atomic E-state index is 14.5. The summed E-state index contributed by atoms with van der Waals surface area (Å²) in [5.74, 6) is 1.06. The van der Waals surface area contributed by atoms with Crippen LogP contribution >= 0.6 is 11.3 Å². The fraction of sp³-hybridized carbons (Fsp3) is 0.500. The number of benzene rings is 1. The van der Waals surface area contributed by atoms with Gasteiger partial charge in [0.05, 0.1) is 36.7 Å². The Bertz CT molecular complexity index is 1760. The van der Waals surface area contributed by atoms with Crippen molar-refractivity contribution in [3.63, 3.8) is 0 Å². The van der Waals surface area contributed by atoms with Crippen LogP contribution < -0.4 is 16.0 Å². The number of para-hydroxylation sites is 1. The van der Waals surface area contributed by atoms with Crippen LogP contribution in [-0.4, -0.2) is 64.9 Å². The number of likely N-dealkylation sites (tertiary alicyclic amines) is 1. The Kier molecular flexibility index (Phi) is 8.49. The molecule has 0 bridgehead atoms. The number of hydrogen-bond acceptors (Lipinski definition) is 9. The first-order valence-corrected chi connectivity index (χ1v) is 15.8. The fourth-order valence-corrected chi connectivity index (χ4v) is 7.29. The molecule has 11 nitrogen and oxygen atoms in total. The Hall–Kier alpha value is -3.74. The van der Waals surface area contributed by atoms with E-state index >= 15 is 0 Å². The van der Waals surface area contributed by atoms with Crippen LogP contribution in [0.4, 0.5) is 0 Å². The standard InChI is InChI=1S/C32H38N4O7S/c1-20-25-28(37)36(32(2,3)30(38)34-13-7-14-34)31(39)35(29(25)44-26(20)27-33-12-17-42-27)18-24(22-8-5-6-9-23(22)40-4)43-19-21-10-15-41-16-11-21/h5-6,8-9,12,17,21,24H,7,10-11,13-16,18-19H2,1-4H3/t24-/m1/s1. The van der Waals surface area contributed by atoms with E-state index in [1.54, 1.807) is 36.6 Å². The summed E-state index contributed by atoms with van der Waals surface area (Å²) < 4.78 is 26.2. The molecule has 0 N–H and O–H groups in total. The van der Waals surface area contributed by atoms with E-state index in [1.165, 1.54) is 17.6 Å². The number of methoxy groups -OCH3 is 1. The van der Waals surface area contributed by atoms with E-state index in [-0.39, 0.29) is 12.5 Å². The summed E-state index contributed by atoms with van der Waals surface area (Å²) in [5, 5.41) is 0.357. The molecule has 3 aromatic heterocycles. The van der Waals surface area contributed by atoms with E-state index in [0.717, 1.165) is 29.4 Å². The van der Waals surface area contributed by atoms with Crippen molar-refractivity contribution in [3.8, 4) is 16.5 Å². The largest absolute Gasteiger partial charge is 0.496 e. The molecule has 44 heavy (non-hydrogen) atoms. The zero-order valence-corrected chi connectivity index (χ0v) is 26.4. The molecule has 6 rings (SSSR count). The van der Waals surface area contributed by atoms with Crippen LogP contribution in [-0.2, 0) is 26.4 Å². The van der Waals surface area contributed by atoms with Crippen molar-refractivity contribution in [3.05, 3.63) is 68.7 Å². The van der Waals surface area contributed by atoms with Gasteiger partial charge < -0.3 is 23.5 Å². The number of hydrogen-bond donors (Lipinski definition) is 0. The molecule has 0 spiro atoms. The Labute approximate surface area is 259 Å². The van der Waals surface area contributed by atoms with Crippen molar-refractivity contribution in [1.29, 1.82) is 0 Å². The van der Waals surface area contributed by atoms with Crippen molar-refractivity contribution >= 4 is 27.5 Å². The van der Waals surface area contributed by atoms with Gasteiger partial charge in [-0.25, -0.2) is 14.3 Å². The van der Waals surface area contributed by atoms with Gasteiger partial charge in [0.15, 0.2) is 0 Å². The Balaban J connectivity index is 1.53. The first kappa shape index (κ1) is 30.3. The van der Waals surface area contributed by atoms with Gasteiger partial charge >= 0.3 is 5.69 Å². The molecule has 0 aliphatic carbocycles. The first-order valence-electron chi connectivity index (χ1n) is 15.0. The third kappa shape index (κ3) is 5.39. The highest BCUT2D eigenvalue weighted by Gasteiger charge is 2.40. The lowest BCUT2D eigenvalue weighted by Crippen LogP contribution is -2.59. The minimum absolute atomic E-state index is 0.0954. The van der Waals surface area contributed by atoms with Gasteiger partial charge in [0.1, 0.15) is 28.5 Å². The van der Waals surface area contributed by atoms with Crippen molar-refractivity contribution in [2.75, 3.05) is 40.0 Å². The minimum Gasteiger partial charge on any atom is -0.496 e. The van der Waals surface area contributed by atoms with Crippen LogP contribution in [0.1, 0.15) is 50.3 Å². The Morgan fingerprint density at radius 1 is 1.18 bits per heavy atom. The zero-order chi connectivity index (χ0) is 31.0. The van der Waals surface area contributed by atoms with Crippen molar-refractivity contribution in [2.24, 2.45) is 5.92 Å². The number of amides is 1. The van der Waals surface area contributed by atoms with Gasteiger partial charge in [0.25, 0.3) is 5.56 Å². The summed E-state index contributed by atoms with van der Waals surface area (Å²) in [6, 6.07) is 7.59. The Morgan fingerprint density at radius 2 is 1.93 bits per heavy atom. The third-order valence-electron chi connectivity index (χ3n) is 8.77. The van der Waals surface area contributed by atoms with Gasteiger partial charge in [0, 0.05) is 31.9 Å². The van der Waals surface area contributed by atoms with Crippen LogP contribution in [0.2, 0.25) is 0 Å². The lowest BCUT2D eigenvalue weighted by Gasteiger charge is -2.38. The monoisotopic (exact) mass is 622 g/mol. The summed E-state index contributed by atoms with van der Waals surface area (Å²) in [5.41, 5.74) is -1.06. The molecule has 0 saturated carbocycles. The van der Waals surface area contributed by atoms with E-state index in [9.17, 15) is 14.4 Å². The lowest BCUT2D eigenvalue weighted by atomic mass is 10.00. The number of nitrogens with zero attached hydrogens (tertiary/aromatic N) is 4. The molecular weight excluding hydrogens is 584 g/mol. The number of ether oxygens (including phenoxy) is 3. The highest BCUT2D eigenvalue weighted by molar-refractivity contribution is 7.22. The molecule has 2 fully saturated rings. The van der Waals surface area contributed by atoms with E-state index in [1.807, 2.05) is 31.2 Å². The van der Waals surface area contributed by atoms with Gasteiger partial charge in [-0.2, -0.15) is 0 Å². The number of aromatic nitrogens is 3. The lowest BCUT2D eigenvalue weighted by molar-refractivity contribution is -0.143. The van der Waals surface area contributed by atoms with Crippen LogP contribution in [0.25, 0.3) is 21.0 Å². The second-order valence-corrected chi connectivity index (χ2v) is 12.9. The summed E-state index contributed by atoms with van der Waals surface area (Å²) >= 11 is 1.27. The molecule has 4 aromatic rings. The van der Waals surface area contributed by atoms with Crippen molar-refractivity contribution < 1.29 is 23.4 Å². The zero-order valence-electron chi connectivity index (χ0n) is 25.5. The van der Waals surface area contributed by atoms with Crippen LogP contribution in [0.3, 0.4) is 0 Å². The van der Waals surface area contributed by atoms with Gasteiger partial charge in [-0.3, -0.25) is 14.2 Å². The molecule has 1 atom stereocenters. The summed E-state index contributed by atoms with van der Waals surface area (Å²) in [7, 11) is 1.61. The van der Waals surface area contributed by atoms with Gasteiger partial charge in [0.2, 0.25) is 11.8 Å². The smallest absolute Gasteiger partial charge is 0.333 e. The highest BCUT2D eigenvalue weighted by Crippen LogP contribution is 2.37. The van der Waals surface area contributed by atoms with Gasteiger partial charge in [-0.15, -0.1) is 11.3 Å². The summed E-state index contributed by atoms with van der Waals surface area (Å²) in [6.45, 7) is 8.27. The molecule has 0 unspecified atom stereocenters. The Morgan fingerprint density at radius 3 is 2.59 bits per heavy atom. The van der Waals surface area contributed by atoms with E-state index < -0.39 is 22.9 Å². The fourth-order valence-electron chi connectivity index (χ4n) is 6.05. The predicted octanol–water partition coefficient (Wildman–Crippen LogP) is 4.35. The average Bonchev–Trinajstić information content (AvgIpc) is 3.64. The van der Waals surface area contributed by atoms with Crippen molar-refractivity contribution in [1.82, 2.24) is 19.0 Å². The second kappa shape index (κ2) is 12.3. The molecule has 2 aliphatic rings. The third-order valence-corrected chi connectivity index (χ3v) is 10.1. The van der Waals surface area contributed by atoms with E-state index in [4.69, 9.17) is 18.6 Å². The van der Waals surface area contributed by atoms with Crippen molar-refractivity contribution in [2.45, 2.75) is 58.2 Å². The van der Waals surface area contributed by atoms with Crippen LogP contribution in [0, 0.1) is 12.8 Å². The van der Waals surface area contributed by atoms with Crippen LogP contribution in [0.15, 0.2) is 50.7 Å². The highest BCUT2D eigenvalue weighted by atomic mass is 32.1. The number of carbonyl (C=O) groups excluding carboxylic acids is 1. The summed E-state index contributed by atoms with van der Waals surface area (Å²) in [6.07, 6.45) is 5.12. The average molecular weight is 623 g/mol. The van der Waals surface area contributed by atoms with Crippen LogP contribution in [0.5, 0.6) is 5.75 Å². The number of oxazole rings is 1. The molecular formula is C32H38N4O7S. The molecule has 2 aliphatic heterocycles.